The standard InChI is InChI=1S/C22H25N7O.C21H23N7O.C21H21N5O2.C20H19N5O2/c1-13-9-27(10-14(2)23-13)17-5-6-21-25-18(8-22(30)28(21)12-17)19-7-20-16(4)24-15(3)11-29(20)26-19;1-14-12-28-19(15(2)23-14)10-18(25-28)17-11-21(29)27-13-16(4-5-20(27)24-17)26-8-3-6-22-7-9-26;1-13-11-25(8-7-22-13)16-4-6-20-24-18(10-21(27)26(20)12-16)15-3-5-17-19(9-15)28-14(2)23-17;1-13-22-16-4-2-14(10-18(16)27-13)17-11-20(26)25-12-15(3-5-19(25)23-17)24-8-6-21-7-9-24/h5-8,11-14,23H,9-10H2,1-4H3;4-5,10-13,22H,3,6-9H2,1-2H3;3-6,9-10,12-13,22H,7-8,11H2,1-2H3;2-5,10-12,21H,6-9H2,1H3/t13-,14+;;13-;/m..0./s1. The first-order chi connectivity index (χ1) is 55.2. The van der Waals surface area contributed by atoms with Crippen molar-refractivity contribution >= 4 is 78.6 Å². The van der Waals surface area contributed by atoms with E-state index < -0.39 is 0 Å². The molecule has 0 amide bonds. The molecule has 4 saturated heterocycles. The molecule has 0 unspecified atom stereocenters. The zero-order valence-electron chi connectivity index (χ0n) is 65.0. The monoisotopic (exact) mass is 1530 g/mol. The first kappa shape index (κ1) is 73.9. The van der Waals surface area contributed by atoms with E-state index in [1.807, 2.05) is 176 Å². The fourth-order valence-electron chi connectivity index (χ4n) is 15.6. The molecule has 16 aromatic rings. The van der Waals surface area contributed by atoms with Crippen LogP contribution in [0.4, 0.5) is 22.7 Å². The number of anilines is 4. The van der Waals surface area contributed by atoms with Gasteiger partial charge in [0.2, 0.25) is 0 Å². The fourth-order valence-corrected chi connectivity index (χ4v) is 15.6. The van der Waals surface area contributed by atoms with E-state index in [9.17, 15) is 19.2 Å². The molecular weight excluding hydrogens is 1440 g/mol. The Balaban J connectivity index is 0.000000110. The molecular formula is C84H88N24O6. The third kappa shape index (κ3) is 15.5. The molecule has 0 bridgehead atoms. The molecule has 0 radical (unpaired) electrons. The van der Waals surface area contributed by atoms with Gasteiger partial charge in [-0.05, 0) is 146 Å². The average Bonchev–Trinajstić information content (AvgIpc) is 1.53. The van der Waals surface area contributed by atoms with Gasteiger partial charge in [-0.1, -0.05) is 12.1 Å². The van der Waals surface area contributed by atoms with E-state index in [4.69, 9.17) is 23.8 Å². The smallest absolute Gasteiger partial charge is 0.258 e. The van der Waals surface area contributed by atoms with E-state index in [-0.39, 0.29) is 22.2 Å². The number of piperazine rings is 3. The van der Waals surface area contributed by atoms with Crippen molar-refractivity contribution in [2.45, 2.75) is 86.9 Å². The van der Waals surface area contributed by atoms with Gasteiger partial charge in [0.05, 0.1) is 91.7 Å². The summed E-state index contributed by atoms with van der Waals surface area (Å²) in [5.74, 6) is 1.24. The van der Waals surface area contributed by atoms with E-state index in [1.54, 1.807) is 50.9 Å². The molecule has 14 aromatic heterocycles. The van der Waals surface area contributed by atoms with E-state index in [0.29, 0.717) is 97.8 Å². The average molecular weight is 1530 g/mol. The van der Waals surface area contributed by atoms with E-state index in [1.165, 1.54) is 0 Å². The van der Waals surface area contributed by atoms with Crippen molar-refractivity contribution in [1.29, 1.82) is 0 Å². The topological polar surface area (TPSA) is 311 Å². The Morgan fingerprint density at radius 1 is 0.360 bits per heavy atom. The van der Waals surface area contributed by atoms with Crippen molar-refractivity contribution in [3.63, 3.8) is 0 Å². The third-order valence-electron chi connectivity index (χ3n) is 21.0. The first-order valence-corrected chi connectivity index (χ1v) is 38.7. The lowest BCUT2D eigenvalue weighted by atomic mass is 10.1. The van der Waals surface area contributed by atoms with Crippen LogP contribution in [0.1, 0.15) is 61.7 Å². The van der Waals surface area contributed by atoms with Crippen LogP contribution in [-0.2, 0) is 0 Å². The van der Waals surface area contributed by atoms with Crippen LogP contribution in [0.2, 0.25) is 0 Å². The number of aryl methyl sites for hydroxylation is 6. The molecule has 114 heavy (non-hydrogen) atoms. The quantitative estimate of drug-likeness (QED) is 0.110. The highest BCUT2D eigenvalue weighted by atomic mass is 16.4. The predicted molar refractivity (Wildman–Crippen MR) is 443 cm³/mol. The van der Waals surface area contributed by atoms with Crippen molar-refractivity contribution in [3.8, 4) is 45.3 Å². The van der Waals surface area contributed by atoms with E-state index >= 15 is 0 Å². The lowest BCUT2D eigenvalue weighted by Gasteiger charge is -2.37. The van der Waals surface area contributed by atoms with Crippen LogP contribution in [0, 0.1) is 41.5 Å². The maximum Gasteiger partial charge on any atom is 0.258 e. The first-order valence-electron chi connectivity index (χ1n) is 38.7. The van der Waals surface area contributed by atoms with Gasteiger partial charge >= 0.3 is 0 Å². The van der Waals surface area contributed by atoms with Crippen molar-refractivity contribution in [1.82, 2.24) is 98.0 Å². The number of oxazole rings is 2. The summed E-state index contributed by atoms with van der Waals surface area (Å²) in [7, 11) is 0. The van der Waals surface area contributed by atoms with Crippen molar-refractivity contribution < 1.29 is 8.83 Å². The van der Waals surface area contributed by atoms with Gasteiger partial charge in [-0.25, -0.2) is 38.9 Å². The van der Waals surface area contributed by atoms with Crippen LogP contribution in [0.5, 0.6) is 0 Å². The molecule has 0 aliphatic carbocycles. The molecule has 2 aromatic carbocycles. The van der Waals surface area contributed by atoms with Gasteiger partial charge in [-0.3, -0.25) is 46.7 Å². The summed E-state index contributed by atoms with van der Waals surface area (Å²) in [6.45, 7) is 30.2. The highest BCUT2D eigenvalue weighted by Gasteiger charge is 2.24. The molecule has 4 aliphatic heterocycles. The molecule has 4 aliphatic rings. The van der Waals surface area contributed by atoms with Gasteiger partial charge in [0, 0.05) is 171 Å². The SMILES string of the molecule is Cc1cn2nc(-c3cc(=O)n4cc(N5CCCNCC5)ccc4n3)cc2c(C)n1.Cc1cn2nc(-c3cc(=O)n4cc(N5C[C@@H](C)N[C@@H](C)C5)ccc4n3)cc2c(C)n1.Cc1nc2ccc(-c3cc(=O)n4cc(N5CCNCC5)ccc4n3)cc2o1.Cc1nc2ccc(-c3cc(=O)n4cc(N5CCN[C@@H](C)C5)ccc4n3)cc2o1. The second-order valence-electron chi connectivity index (χ2n) is 29.9. The Labute approximate surface area is 653 Å². The van der Waals surface area contributed by atoms with Gasteiger partial charge in [0.15, 0.2) is 22.9 Å². The third-order valence-corrected chi connectivity index (χ3v) is 21.0. The van der Waals surface area contributed by atoms with Crippen LogP contribution < -0.4 is 63.1 Å². The number of hydrogen-bond donors (Lipinski definition) is 4. The maximum absolute atomic E-state index is 12.9. The summed E-state index contributed by atoms with van der Waals surface area (Å²) in [6, 6.07) is 38.5. The largest absolute Gasteiger partial charge is 0.441 e. The van der Waals surface area contributed by atoms with Crippen LogP contribution in [-0.4, -0.2) is 180 Å². The number of aromatic nitrogens is 16. The highest BCUT2D eigenvalue weighted by molar-refractivity contribution is 5.81. The van der Waals surface area contributed by atoms with Crippen molar-refractivity contribution in [3.05, 3.63) is 234 Å². The van der Waals surface area contributed by atoms with E-state index in [2.05, 4.69) is 96.8 Å². The molecule has 20 rings (SSSR count). The molecule has 18 heterocycles. The lowest BCUT2D eigenvalue weighted by Crippen LogP contribution is -2.54. The number of benzene rings is 2. The normalized spacial score (nSPS) is 16.9. The Bertz CT molecular complexity index is 6610. The van der Waals surface area contributed by atoms with Crippen LogP contribution in [0.3, 0.4) is 0 Å². The van der Waals surface area contributed by atoms with Crippen molar-refractivity contribution in [2.75, 3.05) is 105 Å². The summed E-state index contributed by atoms with van der Waals surface area (Å²) in [6.07, 6.45) is 12.4. The maximum atomic E-state index is 12.9. The van der Waals surface area contributed by atoms with E-state index in [0.717, 1.165) is 170 Å². The number of nitrogens with zero attached hydrogens (tertiary/aromatic N) is 20. The van der Waals surface area contributed by atoms with Gasteiger partial charge in [0.1, 0.15) is 45.0 Å². The zero-order chi connectivity index (χ0) is 78.6. The molecule has 30 heteroatoms. The number of rotatable bonds is 8. The Hall–Kier alpha value is -12.9. The Morgan fingerprint density at radius 3 is 1.19 bits per heavy atom. The molecule has 3 atom stereocenters. The van der Waals surface area contributed by atoms with Gasteiger partial charge < -0.3 is 49.7 Å². The van der Waals surface area contributed by atoms with Crippen LogP contribution >= 0.6 is 0 Å². The summed E-state index contributed by atoms with van der Waals surface area (Å²) in [4.78, 5) is 96.8. The van der Waals surface area contributed by atoms with Gasteiger partial charge in [-0.15, -0.1) is 0 Å². The minimum Gasteiger partial charge on any atom is -0.441 e. The number of nitrogens with one attached hydrogen (secondary N) is 4. The molecule has 0 spiro atoms. The fraction of sp³-hybridized carbons (Fsp3) is 0.310. The summed E-state index contributed by atoms with van der Waals surface area (Å²) in [5.41, 5.74) is 20.0. The minimum atomic E-state index is -0.115. The molecule has 0 saturated carbocycles. The molecule has 4 fully saturated rings. The van der Waals surface area contributed by atoms with Gasteiger partial charge in [-0.2, -0.15) is 10.2 Å². The molecule has 580 valence electrons. The van der Waals surface area contributed by atoms with Crippen LogP contribution in [0.25, 0.3) is 101 Å². The van der Waals surface area contributed by atoms with Crippen LogP contribution in [0.15, 0.2) is 187 Å². The number of hydrogen-bond acceptors (Lipinski definition) is 24. The zero-order valence-corrected chi connectivity index (χ0v) is 65.0. The Morgan fingerprint density at radius 2 is 0.746 bits per heavy atom. The highest BCUT2D eigenvalue weighted by Crippen LogP contribution is 2.29. The molecule has 30 nitrogen and oxygen atoms in total. The van der Waals surface area contributed by atoms with Gasteiger partial charge in [0.25, 0.3) is 22.2 Å². The van der Waals surface area contributed by atoms with Crippen molar-refractivity contribution in [2.24, 2.45) is 0 Å². The Kier molecular flexibility index (Phi) is 20.1. The summed E-state index contributed by atoms with van der Waals surface area (Å²) in [5, 5.41) is 22.9. The summed E-state index contributed by atoms with van der Waals surface area (Å²) < 4.78 is 21.3. The second-order valence-corrected chi connectivity index (χ2v) is 29.9. The lowest BCUT2D eigenvalue weighted by molar-refractivity contribution is 0.407. The predicted octanol–water partition coefficient (Wildman–Crippen LogP) is 8.86. The minimum absolute atomic E-state index is 0.0965. The summed E-state index contributed by atoms with van der Waals surface area (Å²) >= 11 is 0. The number of fused-ring (bicyclic) bond motifs is 8. The molecule has 4 N–H and O–H groups in total. The second kappa shape index (κ2) is 31.0. The number of pyridine rings is 4.